The van der Waals surface area contributed by atoms with Crippen molar-refractivity contribution in [2.75, 3.05) is 0 Å². The first kappa shape index (κ1) is 103. The van der Waals surface area contributed by atoms with Gasteiger partial charge in [-0.25, -0.2) is 74.5 Å². The number of hydrogen-bond donors (Lipinski definition) is 0. The summed E-state index contributed by atoms with van der Waals surface area (Å²) in [7, 11) is -19.8. The van der Waals surface area contributed by atoms with Crippen molar-refractivity contribution in [1.82, 2.24) is 59.8 Å². The fourth-order valence-electron chi connectivity index (χ4n) is 7.28. The Morgan fingerprint density at radius 2 is 0.231 bits per heavy atom. The summed E-state index contributed by atoms with van der Waals surface area (Å²) < 4.78 is 136. The van der Waals surface area contributed by atoms with E-state index in [1.807, 2.05) is 0 Å². The summed E-state index contributed by atoms with van der Waals surface area (Å²) in [6.45, 7) is 0. The van der Waals surface area contributed by atoms with Crippen LogP contribution in [0.25, 0.3) is 0 Å². The normalized spacial score (nSPS) is 10.3. The van der Waals surface area contributed by atoms with Gasteiger partial charge in [-0.3, -0.25) is 59.8 Å². The molecule has 0 saturated carbocycles. The van der Waals surface area contributed by atoms with E-state index in [-0.39, 0.29) is 87.6 Å². The van der Waals surface area contributed by atoms with Gasteiger partial charge < -0.3 is 30.6 Å². The molecule has 0 aliphatic heterocycles. The van der Waals surface area contributed by atoms with E-state index >= 15 is 0 Å². The number of nitrogens with zero attached hydrogens (tertiary/aromatic N) is 12. The van der Waals surface area contributed by atoms with E-state index in [1.165, 1.54) is 0 Å². The summed E-state index contributed by atoms with van der Waals surface area (Å²) in [5, 5.41) is 70.8. The van der Waals surface area contributed by atoms with Gasteiger partial charge in [-0.05, 0) is 182 Å². The Hall–Kier alpha value is -7.17. The SMILES string of the molecule is [Dy+3].[Ni+2].[Ni+2].[Ni+3].[O-]C(c1ccccn1)c1ccccn1.[O-]C(c1ccccn1)c1ccccn1.[O-]C(c1ccccn1)c1ccccn1.[O-]C(c1ccccn1)c1ccccn1.[O-]C(c1ccccn1)c1ccccn1.[O-]C(c1ccccn1)c1ccccn1.[O-][Cl+3]([O-])([O-])[O-].[O-][Cl+3]([O-])([O-])[O-].[O-][Cl+3]([O-])([O-])[O-].[O-][Cl+3]([O-])([O-])[O-]. The zero-order chi connectivity index (χ0) is 76.8. The second-order valence-corrected chi connectivity index (χ2v) is 21.9. The Kier molecular flexibility index (Phi) is 54.3. The van der Waals surface area contributed by atoms with Crippen molar-refractivity contribution < 1.29 is 234 Å². The van der Waals surface area contributed by atoms with Gasteiger partial charge in [-0.1, -0.05) is 72.8 Å². The first-order chi connectivity index (χ1) is 49.3. The Morgan fingerprint density at radius 3 is 0.278 bits per heavy atom. The monoisotopic (exact) mass is 1840 g/mol. The summed E-state index contributed by atoms with van der Waals surface area (Å²) in [4.78, 5) is 48.0. The largest absolute Gasteiger partial charge is 3.00 e. The minimum atomic E-state index is -4.94. The molecule has 0 saturated heterocycles. The van der Waals surface area contributed by atoms with Gasteiger partial charge in [0.2, 0.25) is 0 Å². The van der Waals surface area contributed by atoms with E-state index < -0.39 is 77.6 Å². The summed E-state index contributed by atoms with van der Waals surface area (Å²) in [6, 6.07) is 63.6. The van der Waals surface area contributed by atoms with E-state index in [2.05, 4.69) is 59.8 Å². The van der Waals surface area contributed by atoms with Crippen molar-refractivity contribution in [1.29, 1.82) is 0 Å². The second kappa shape index (κ2) is 57.0. The Bertz CT molecular complexity index is 3160. The summed E-state index contributed by atoms with van der Waals surface area (Å²) in [5.41, 5.74) is 6.07. The maximum absolute atomic E-state index is 11.8. The molecule has 12 rings (SSSR count). The molecule has 0 spiro atoms. The van der Waals surface area contributed by atoms with Gasteiger partial charge in [-0.15, -0.1) is 41.0 Å². The molecule has 0 atom stereocenters. The van der Waals surface area contributed by atoms with Crippen molar-refractivity contribution in [3.63, 3.8) is 0 Å². The molecule has 12 aromatic rings. The third-order valence-corrected chi connectivity index (χ3v) is 11.5. The smallest absolute Gasteiger partial charge is 0.843 e. The van der Waals surface area contributed by atoms with E-state index in [9.17, 15) is 30.6 Å². The van der Waals surface area contributed by atoms with Crippen molar-refractivity contribution >= 4 is 0 Å². The number of hydrogen-bond acceptors (Lipinski definition) is 34. The zero-order valence-electron chi connectivity index (χ0n) is 54.3. The Labute approximate surface area is 685 Å². The van der Waals surface area contributed by atoms with E-state index in [0.29, 0.717) is 68.3 Å². The van der Waals surface area contributed by atoms with Crippen LogP contribution in [0.4, 0.5) is 0 Å². The molecular weight excluding hydrogens is 1790 g/mol. The predicted molar refractivity (Wildman–Crippen MR) is 302 cm³/mol. The fourth-order valence-corrected chi connectivity index (χ4v) is 7.28. The number of aromatic nitrogens is 12. The molecule has 0 aliphatic carbocycles. The molecule has 12 heterocycles. The van der Waals surface area contributed by atoms with Crippen LogP contribution in [0.1, 0.15) is 105 Å². The van der Waals surface area contributed by atoms with Crippen LogP contribution >= 0.6 is 0 Å². The van der Waals surface area contributed by atoms with Gasteiger partial charge in [0.1, 0.15) is 0 Å². The average Bonchev–Trinajstić information content (AvgIpc) is 0.906. The van der Waals surface area contributed by atoms with Gasteiger partial charge in [0, 0.05) is 143 Å². The van der Waals surface area contributed by atoms with Gasteiger partial charge in [0.15, 0.2) is 0 Å². The summed E-state index contributed by atoms with van der Waals surface area (Å²) in [6.07, 6.45) is 13.4. The zero-order valence-corrected chi connectivity index (χ0v) is 62.3. The van der Waals surface area contributed by atoms with Crippen LogP contribution in [0.2, 0.25) is 0 Å². The molecule has 0 aromatic carbocycles. The standard InChI is InChI=1S/6C11H9N2O.4ClHO4.Dy.3Ni/c6*14-11(9-5-1-3-7-12-9)10-6-2-4-8-13-10;4*2-1(3,4)5;;;;/h6*1-8,11H;4*(H,2,3,4,5);;;;/q6*-1;;;;;+3;2*+2;+3/p-4. The van der Waals surface area contributed by atoms with Crippen LogP contribution in [0, 0.1) is 79.1 Å². The molecule has 2 radical (unpaired) electrons. The molecule has 0 unspecified atom stereocenters. The molecule has 12 aromatic heterocycles. The topological polar surface area (TPSA) is 662 Å². The van der Waals surface area contributed by atoms with Crippen molar-refractivity contribution in [3.8, 4) is 0 Å². The first-order valence-electron chi connectivity index (χ1n) is 28.6. The predicted octanol–water partition coefficient (Wildman–Crippen LogP) is -13.5. The van der Waals surface area contributed by atoms with Crippen LogP contribution < -0.4 is 105 Å². The average molecular weight is 1850 g/mol. The minimum Gasteiger partial charge on any atom is -0.843 e. The van der Waals surface area contributed by atoms with Crippen molar-refractivity contribution in [2.45, 2.75) is 36.6 Å². The Morgan fingerprint density at radius 1 is 0.167 bits per heavy atom. The minimum absolute atomic E-state index is 0. The molecule has 0 aliphatic rings. The number of pyridine rings is 12. The summed E-state index contributed by atoms with van der Waals surface area (Å²) in [5.74, 6) is 0. The quantitative estimate of drug-likeness (QED) is 0.103. The van der Waals surface area contributed by atoms with Gasteiger partial charge >= 0.3 is 87.6 Å². The maximum atomic E-state index is 11.8. The first-order valence-corrected chi connectivity index (χ1v) is 33.5. The van der Waals surface area contributed by atoms with Gasteiger partial charge in [0.05, 0.1) is 0 Å². The third-order valence-electron chi connectivity index (χ3n) is 11.5. The van der Waals surface area contributed by atoms with Crippen LogP contribution in [-0.4, -0.2) is 59.8 Å². The third kappa shape index (κ3) is 50.5. The van der Waals surface area contributed by atoms with Gasteiger partial charge in [-0.2, -0.15) is 0 Å². The molecule has 0 bridgehead atoms. The molecule has 0 N–H and O–H groups in total. The Balaban J connectivity index is 0. The van der Waals surface area contributed by atoms with Crippen molar-refractivity contribution in [3.05, 3.63) is 361 Å². The molecule has 34 nitrogen and oxygen atoms in total. The van der Waals surface area contributed by atoms with Crippen molar-refractivity contribution in [2.24, 2.45) is 0 Å². The van der Waals surface area contributed by atoms with Crippen LogP contribution in [0.3, 0.4) is 0 Å². The maximum Gasteiger partial charge on any atom is 3.00 e. The molecule has 108 heavy (non-hydrogen) atoms. The van der Waals surface area contributed by atoms with E-state index in [4.69, 9.17) is 74.5 Å². The second-order valence-electron chi connectivity index (χ2n) is 18.8. The summed E-state index contributed by atoms with van der Waals surface area (Å²) >= 11 is 0. The van der Waals surface area contributed by atoms with E-state index in [0.717, 1.165) is 0 Å². The van der Waals surface area contributed by atoms with E-state index in [1.54, 1.807) is 293 Å². The fraction of sp³-hybridized carbons (Fsp3) is 0.0909. The van der Waals surface area contributed by atoms with Crippen LogP contribution in [0.5, 0.6) is 0 Å². The number of rotatable bonds is 12. The molecule has 578 valence electrons. The van der Waals surface area contributed by atoms with Crippen LogP contribution in [-0.2, 0) is 49.5 Å². The molecule has 42 heteroatoms. The molecule has 0 fully saturated rings. The van der Waals surface area contributed by atoms with Crippen LogP contribution in [0.15, 0.2) is 293 Å². The molecule has 0 amide bonds. The molecular formula is C66H54Cl4DyN12Ni3O22. The van der Waals surface area contributed by atoms with Gasteiger partial charge in [0.25, 0.3) is 0 Å². The number of halogens is 4.